The van der Waals surface area contributed by atoms with Gasteiger partial charge in [-0.2, -0.15) is 0 Å². The number of nitrogens with zero attached hydrogens (tertiary/aromatic N) is 1. The lowest BCUT2D eigenvalue weighted by Gasteiger charge is -2.37. The second-order valence-electron chi connectivity index (χ2n) is 15.0. The van der Waals surface area contributed by atoms with Crippen LogP contribution in [-0.2, 0) is 19.3 Å². The molecule has 0 atom stereocenters. The Morgan fingerprint density at radius 2 is 0.825 bits per heavy atom. The minimum absolute atomic E-state index is 0.0813. The van der Waals surface area contributed by atoms with Crippen molar-refractivity contribution in [3.8, 4) is 23.0 Å². The molecule has 0 amide bonds. The molecule has 0 saturated heterocycles. The van der Waals surface area contributed by atoms with Crippen LogP contribution in [0, 0.1) is 20.8 Å². The van der Waals surface area contributed by atoms with Gasteiger partial charge in [-0.05, 0) is 98.0 Å². The van der Waals surface area contributed by atoms with Crippen LogP contribution >= 0.6 is 0 Å². The lowest BCUT2D eigenvalue weighted by Crippen LogP contribution is -2.39. The number of phenolic OH excluding ortho intramolecular Hbond substituents is 3. The predicted molar refractivity (Wildman–Crippen MR) is 233 cm³/mol. The van der Waals surface area contributed by atoms with E-state index >= 15 is 0 Å². The maximum absolute atomic E-state index is 13.2. The van der Waals surface area contributed by atoms with Gasteiger partial charge >= 0.3 is 0 Å². The number of hydrogen-bond donors (Lipinski definition) is 3. The number of phenols is 3. The molecule has 0 fully saturated rings. The normalized spacial score (nSPS) is 11.2. The van der Waals surface area contributed by atoms with Gasteiger partial charge in [0.2, 0.25) is 0 Å². The van der Waals surface area contributed by atoms with Crippen LogP contribution in [0.25, 0.3) is 0 Å². The molecular weight excluding hydrogens is 703 g/mol. The Bertz CT molecular complexity index is 2290. The van der Waals surface area contributed by atoms with Crippen LogP contribution in [0.4, 0.5) is 17.1 Å². The van der Waals surface area contributed by atoms with Gasteiger partial charge in [-0.15, -0.1) is 5.75 Å². The molecule has 0 bridgehead atoms. The highest BCUT2D eigenvalue weighted by atomic mass is 16.3. The molecule has 290 valence electrons. The van der Waals surface area contributed by atoms with E-state index in [1.165, 1.54) is 29.9 Å². The van der Waals surface area contributed by atoms with Gasteiger partial charge in [-0.25, -0.2) is 4.48 Å². The van der Waals surface area contributed by atoms with Gasteiger partial charge in [0.05, 0.1) is 6.54 Å². The number of benzene rings is 7. The summed E-state index contributed by atoms with van der Waals surface area (Å²) in [6.45, 7) is 9.19. The van der Waals surface area contributed by atoms with Crippen molar-refractivity contribution in [1.82, 2.24) is 4.48 Å². The molecule has 0 heterocycles. The minimum Gasteiger partial charge on any atom is -0.872 e. The van der Waals surface area contributed by atoms with Crippen molar-refractivity contribution >= 4 is 17.1 Å². The first kappa shape index (κ1) is 40.4. The zero-order valence-corrected chi connectivity index (χ0v) is 33.5. The molecule has 0 aliphatic rings. The number of hydrogen-bond acceptors (Lipinski definition) is 4. The van der Waals surface area contributed by atoms with Crippen molar-refractivity contribution < 1.29 is 20.4 Å². The zero-order chi connectivity index (χ0) is 40.4. The van der Waals surface area contributed by atoms with Gasteiger partial charge < -0.3 is 20.4 Å². The molecule has 0 aliphatic carbocycles. The second kappa shape index (κ2) is 18.6. The standard InChI is InChI=1S/C30H30O4.C22H24N/c1-18-7-9-27(31)23(11-18)15-21-5-4-6-22(29(21)33)16-25-13-20(3)14-26(30(25)34)17-24-12-19(2)8-10-28(24)32;1-2-3-19-23(20-13-7-4-8-14-20,21-15-9-5-10-16-21)22-17-11-6-12-18-22/h4-14,31-34H,15-17H2,1-3H3;4-18H,2-3,19H2,1H3/q;+1/p-1. The Balaban J connectivity index is 0.000000208. The predicted octanol–water partition coefficient (Wildman–Crippen LogP) is 12.0. The molecular formula is C52H53NO4. The highest BCUT2D eigenvalue weighted by molar-refractivity contribution is 5.70. The first-order valence-electron chi connectivity index (χ1n) is 19.8. The minimum atomic E-state index is -0.0813. The summed E-state index contributed by atoms with van der Waals surface area (Å²) in [5.41, 5.74) is 11.0. The van der Waals surface area contributed by atoms with Crippen LogP contribution < -0.4 is 9.59 Å². The molecule has 3 N–H and O–H groups in total. The van der Waals surface area contributed by atoms with Gasteiger partial charge in [-0.1, -0.05) is 150 Å². The number of quaternary nitrogens is 1. The Kier molecular flexibility index (Phi) is 13.1. The number of para-hydroxylation sites is 4. The molecule has 0 radical (unpaired) electrons. The van der Waals surface area contributed by atoms with Gasteiger partial charge in [0.25, 0.3) is 0 Å². The van der Waals surface area contributed by atoms with Crippen LogP contribution in [0.5, 0.6) is 23.0 Å². The molecule has 5 nitrogen and oxygen atoms in total. The van der Waals surface area contributed by atoms with E-state index in [1.807, 2.05) is 63.2 Å². The van der Waals surface area contributed by atoms with Crippen molar-refractivity contribution in [2.24, 2.45) is 0 Å². The van der Waals surface area contributed by atoms with Crippen molar-refractivity contribution in [3.05, 3.63) is 208 Å². The summed E-state index contributed by atoms with van der Waals surface area (Å²) in [7, 11) is 0. The number of aryl methyl sites for hydroxylation is 3. The third-order valence-electron chi connectivity index (χ3n) is 10.6. The highest BCUT2D eigenvalue weighted by Crippen LogP contribution is 2.44. The molecule has 7 aromatic rings. The molecule has 7 aromatic carbocycles. The first-order chi connectivity index (χ1) is 27.6. The largest absolute Gasteiger partial charge is 0.872 e. The fraction of sp³-hybridized carbons (Fsp3) is 0.192. The first-order valence-corrected chi connectivity index (χ1v) is 19.8. The van der Waals surface area contributed by atoms with Crippen molar-refractivity contribution in [1.29, 1.82) is 0 Å². The third kappa shape index (κ3) is 9.57. The monoisotopic (exact) mass is 755 g/mol. The van der Waals surface area contributed by atoms with Crippen molar-refractivity contribution in [2.45, 2.75) is 59.8 Å². The fourth-order valence-corrected chi connectivity index (χ4v) is 7.72. The van der Waals surface area contributed by atoms with E-state index in [0.717, 1.165) is 33.3 Å². The average molecular weight is 756 g/mol. The average Bonchev–Trinajstić information content (AvgIpc) is 3.22. The van der Waals surface area contributed by atoms with Gasteiger partial charge in [-0.3, -0.25) is 0 Å². The fourth-order valence-electron chi connectivity index (χ4n) is 7.72. The van der Waals surface area contributed by atoms with Crippen LogP contribution in [0.3, 0.4) is 0 Å². The van der Waals surface area contributed by atoms with E-state index in [-0.39, 0.29) is 23.0 Å². The van der Waals surface area contributed by atoms with Gasteiger partial charge in [0, 0.05) is 19.3 Å². The molecule has 0 spiro atoms. The molecule has 0 aliphatic heterocycles. The maximum Gasteiger partial charge on any atom is 0.143 e. The molecule has 0 saturated carbocycles. The summed E-state index contributed by atoms with van der Waals surface area (Å²) in [5.74, 6) is 0.438. The van der Waals surface area contributed by atoms with E-state index in [2.05, 4.69) is 97.9 Å². The van der Waals surface area contributed by atoms with E-state index in [1.54, 1.807) is 24.3 Å². The lowest BCUT2D eigenvalue weighted by molar-refractivity contribution is -0.270. The number of unbranched alkanes of at least 4 members (excludes halogenated alkanes) is 1. The molecule has 0 aromatic heterocycles. The van der Waals surface area contributed by atoms with E-state index in [9.17, 15) is 20.4 Å². The van der Waals surface area contributed by atoms with E-state index in [0.29, 0.717) is 47.1 Å². The summed E-state index contributed by atoms with van der Waals surface area (Å²) in [6.07, 6.45) is 3.40. The third-order valence-corrected chi connectivity index (χ3v) is 10.6. The molecule has 57 heavy (non-hydrogen) atoms. The Morgan fingerprint density at radius 1 is 0.439 bits per heavy atom. The van der Waals surface area contributed by atoms with Crippen LogP contribution in [0.1, 0.15) is 69.8 Å². The zero-order valence-electron chi connectivity index (χ0n) is 33.5. The van der Waals surface area contributed by atoms with Crippen molar-refractivity contribution in [3.63, 3.8) is 0 Å². The van der Waals surface area contributed by atoms with Crippen LogP contribution in [0.2, 0.25) is 0 Å². The van der Waals surface area contributed by atoms with Crippen LogP contribution in [-0.4, -0.2) is 21.9 Å². The summed E-state index contributed by atoms with van der Waals surface area (Å²) in [4.78, 5) is 0. The summed E-state index contributed by atoms with van der Waals surface area (Å²) < 4.78 is 0.774. The molecule has 0 unspecified atom stereocenters. The quantitative estimate of drug-likeness (QED) is 0.108. The Morgan fingerprint density at radius 3 is 1.25 bits per heavy atom. The maximum atomic E-state index is 13.2. The number of aromatic hydroxyl groups is 3. The van der Waals surface area contributed by atoms with E-state index < -0.39 is 0 Å². The highest BCUT2D eigenvalue weighted by Gasteiger charge is 2.35. The second-order valence-corrected chi connectivity index (χ2v) is 15.0. The van der Waals surface area contributed by atoms with Gasteiger partial charge in [0.1, 0.15) is 34.3 Å². The lowest BCUT2D eigenvalue weighted by atomic mass is 9.93. The van der Waals surface area contributed by atoms with Crippen molar-refractivity contribution in [2.75, 3.05) is 6.54 Å². The topological polar surface area (TPSA) is 83.8 Å². The summed E-state index contributed by atoms with van der Waals surface area (Å²) in [6, 6.07) is 52.6. The van der Waals surface area contributed by atoms with E-state index in [4.69, 9.17) is 0 Å². The van der Waals surface area contributed by atoms with Gasteiger partial charge in [0.15, 0.2) is 0 Å². The Labute approximate surface area is 338 Å². The van der Waals surface area contributed by atoms with Crippen LogP contribution in [0.15, 0.2) is 158 Å². The summed E-state index contributed by atoms with van der Waals surface area (Å²) in [5, 5.41) is 44.7. The number of rotatable bonds is 12. The Hall–Kier alpha value is -6.30. The molecule has 5 heteroatoms. The summed E-state index contributed by atoms with van der Waals surface area (Å²) >= 11 is 0. The molecule has 7 rings (SSSR count). The SMILES string of the molecule is CCCC[N+](c1ccccc1)(c1ccccc1)c1ccccc1.Cc1ccc(O)c(Cc2cccc(Cc3cc(C)cc(Cc4cc(C)ccc4O)c3O)c2[O-])c1. The smallest absolute Gasteiger partial charge is 0.143 e.